The average Bonchev–Trinajstić information content (AvgIpc) is 2.34. The van der Waals surface area contributed by atoms with Gasteiger partial charge in [0.2, 0.25) is 0 Å². The molecule has 2 aromatic carbocycles. The summed E-state index contributed by atoms with van der Waals surface area (Å²) in [5, 5.41) is 2.74. The smallest absolute Gasteiger partial charge is 0.151 e. The second kappa shape index (κ2) is 5.04. The van der Waals surface area contributed by atoms with E-state index in [9.17, 15) is 8.78 Å². The Bertz CT molecular complexity index is 544. The Kier molecular flexibility index (Phi) is 3.46. The molecule has 18 heavy (non-hydrogen) atoms. The van der Waals surface area contributed by atoms with Gasteiger partial charge < -0.3 is 11.1 Å². The van der Waals surface area contributed by atoms with Crippen molar-refractivity contribution in [2.24, 2.45) is 0 Å². The molecule has 0 bridgehead atoms. The molecule has 0 fully saturated rings. The van der Waals surface area contributed by atoms with Crippen LogP contribution in [0.1, 0.15) is 12.5 Å². The van der Waals surface area contributed by atoms with E-state index in [1.807, 2.05) is 25.1 Å². The Morgan fingerprint density at radius 3 is 2.39 bits per heavy atom. The Morgan fingerprint density at radius 2 is 1.78 bits per heavy atom. The number of nitrogens with two attached hydrogens (primary N) is 1. The monoisotopic (exact) mass is 248 g/mol. The molecule has 0 unspecified atom stereocenters. The Labute approximate surface area is 104 Å². The summed E-state index contributed by atoms with van der Waals surface area (Å²) in [5.41, 5.74) is 6.99. The molecule has 0 saturated carbocycles. The number of hydrogen-bond acceptors (Lipinski definition) is 2. The predicted octanol–water partition coefficient (Wildman–Crippen LogP) is 3.85. The fourth-order valence-electron chi connectivity index (χ4n) is 1.73. The molecule has 0 aliphatic rings. The van der Waals surface area contributed by atoms with Crippen LogP contribution in [0.15, 0.2) is 36.4 Å². The Balaban J connectivity index is 2.33. The molecule has 0 aliphatic carbocycles. The van der Waals surface area contributed by atoms with E-state index in [4.69, 9.17) is 5.73 Å². The number of benzene rings is 2. The third-order valence-electron chi connectivity index (χ3n) is 2.67. The molecule has 0 aromatic heterocycles. The van der Waals surface area contributed by atoms with Gasteiger partial charge in [0.1, 0.15) is 5.69 Å². The zero-order chi connectivity index (χ0) is 13.1. The molecule has 0 saturated heterocycles. The molecule has 4 heteroatoms. The van der Waals surface area contributed by atoms with Crippen molar-refractivity contribution >= 4 is 17.1 Å². The lowest BCUT2D eigenvalue weighted by Crippen LogP contribution is -2.00. The van der Waals surface area contributed by atoms with Crippen LogP contribution in [0.5, 0.6) is 0 Å². The second-order valence-corrected chi connectivity index (χ2v) is 4.04. The molecule has 0 radical (unpaired) electrons. The highest BCUT2D eigenvalue weighted by molar-refractivity contribution is 5.63. The number of hydrogen-bond donors (Lipinski definition) is 2. The minimum atomic E-state index is -0.700. The zero-order valence-electron chi connectivity index (χ0n) is 10.0. The third kappa shape index (κ3) is 2.59. The van der Waals surface area contributed by atoms with E-state index in [0.717, 1.165) is 24.1 Å². The van der Waals surface area contributed by atoms with Crippen molar-refractivity contribution in [3.63, 3.8) is 0 Å². The first-order valence-corrected chi connectivity index (χ1v) is 5.70. The van der Waals surface area contributed by atoms with Crippen molar-refractivity contribution in [1.82, 2.24) is 0 Å². The minimum Gasteiger partial charge on any atom is -0.399 e. The number of aryl methyl sites for hydroxylation is 1. The van der Waals surface area contributed by atoms with Gasteiger partial charge in [-0.05, 0) is 36.2 Å². The number of nitrogens with one attached hydrogen (secondary N) is 1. The topological polar surface area (TPSA) is 38.0 Å². The fraction of sp³-hybridized carbons (Fsp3) is 0.143. The molecule has 0 spiro atoms. The molecule has 3 N–H and O–H groups in total. The highest BCUT2D eigenvalue weighted by atomic mass is 19.1. The number of halogens is 2. The summed E-state index contributed by atoms with van der Waals surface area (Å²) in [6.07, 6.45) is 0.863. The molecule has 2 aromatic rings. The highest BCUT2D eigenvalue weighted by Crippen LogP contribution is 2.26. The summed E-state index contributed by atoms with van der Waals surface area (Å²) in [7, 11) is 0. The standard InChI is InChI=1S/C14H14F2N2/c1-2-9-4-3-5-11(6-9)18-14-12(15)7-10(17)8-13(14)16/h3-8,18H,2,17H2,1H3. The molecular formula is C14H14F2N2. The zero-order valence-corrected chi connectivity index (χ0v) is 10.0. The van der Waals surface area contributed by atoms with E-state index in [1.165, 1.54) is 0 Å². The van der Waals surface area contributed by atoms with Gasteiger partial charge in [0.15, 0.2) is 11.6 Å². The first-order chi connectivity index (χ1) is 8.60. The third-order valence-corrected chi connectivity index (χ3v) is 2.67. The lowest BCUT2D eigenvalue weighted by Gasteiger charge is -2.10. The van der Waals surface area contributed by atoms with Gasteiger partial charge in [-0.25, -0.2) is 8.78 Å². The van der Waals surface area contributed by atoms with Gasteiger partial charge in [-0.15, -0.1) is 0 Å². The average molecular weight is 248 g/mol. The van der Waals surface area contributed by atoms with Gasteiger partial charge >= 0.3 is 0 Å². The van der Waals surface area contributed by atoms with Crippen LogP contribution >= 0.6 is 0 Å². The van der Waals surface area contributed by atoms with Crippen LogP contribution in [-0.4, -0.2) is 0 Å². The van der Waals surface area contributed by atoms with Crippen molar-refractivity contribution in [3.8, 4) is 0 Å². The van der Waals surface area contributed by atoms with E-state index >= 15 is 0 Å². The largest absolute Gasteiger partial charge is 0.399 e. The number of nitrogen functional groups attached to an aromatic ring is 1. The SMILES string of the molecule is CCc1cccc(Nc2c(F)cc(N)cc2F)c1. The Morgan fingerprint density at radius 1 is 1.11 bits per heavy atom. The van der Waals surface area contributed by atoms with Gasteiger partial charge in [0.25, 0.3) is 0 Å². The fourth-order valence-corrected chi connectivity index (χ4v) is 1.73. The van der Waals surface area contributed by atoms with E-state index in [-0.39, 0.29) is 11.4 Å². The first kappa shape index (κ1) is 12.4. The molecule has 2 nitrogen and oxygen atoms in total. The molecule has 0 amide bonds. The predicted molar refractivity (Wildman–Crippen MR) is 69.9 cm³/mol. The summed E-state index contributed by atoms with van der Waals surface area (Å²) < 4.78 is 27.2. The first-order valence-electron chi connectivity index (χ1n) is 5.70. The van der Waals surface area contributed by atoms with E-state index in [1.54, 1.807) is 6.07 Å². The maximum atomic E-state index is 13.6. The lowest BCUT2D eigenvalue weighted by atomic mass is 10.1. The quantitative estimate of drug-likeness (QED) is 0.809. The maximum Gasteiger partial charge on any atom is 0.151 e. The van der Waals surface area contributed by atoms with E-state index in [2.05, 4.69) is 5.32 Å². The minimum absolute atomic E-state index is 0.0675. The summed E-state index contributed by atoms with van der Waals surface area (Å²) >= 11 is 0. The molecular weight excluding hydrogens is 234 g/mol. The summed E-state index contributed by atoms with van der Waals surface area (Å²) in [5.74, 6) is -1.40. The van der Waals surface area contributed by atoms with E-state index in [0.29, 0.717) is 5.69 Å². The van der Waals surface area contributed by atoms with Gasteiger partial charge in [-0.2, -0.15) is 0 Å². The van der Waals surface area contributed by atoms with Crippen molar-refractivity contribution in [1.29, 1.82) is 0 Å². The molecule has 0 atom stereocenters. The van der Waals surface area contributed by atoms with Crippen LogP contribution in [0.2, 0.25) is 0 Å². The lowest BCUT2D eigenvalue weighted by molar-refractivity contribution is 0.592. The number of rotatable bonds is 3. The van der Waals surface area contributed by atoms with Crippen molar-refractivity contribution in [2.45, 2.75) is 13.3 Å². The van der Waals surface area contributed by atoms with Crippen LogP contribution in [0.25, 0.3) is 0 Å². The maximum absolute atomic E-state index is 13.6. The van der Waals surface area contributed by atoms with Crippen LogP contribution in [0, 0.1) is 11.6 Å². The Hall–Kier alpha value is -2.10. The van der Waals surface area contributed by atoms with Gasteiger partial charge in [0, 0.05) is 11.4 Å². The second-order valence-electron chi connectivity index (χ2n) is 4.04. The van der Waals surface area contributed by atoms with Crippen LogP contribution in [-0.2, 0) is 6.42 Å². The van der Waals surface area contributed by atoms with Crippen LogP contribution < -0.4 is 11.1 Å². The van der Waals surface area contributed by atoms with Crippen molar-refractivity contribution < 1.29 is 8.78 Å². The number of anilines is 3. The van der Waals surface area contributed by atoms with Gasteiger partial charge in [0.05, 0.1) is 0 Å². The summed E-state index contributed by atoms with van der Waals surface area (Å²) in [6, 6.07) is 9.60. The van der Waals surface area contributed by atoms with Crippen molar-refractivity contribution in [3.05, 3.63) is 53.6 Å². The molecule has 2 rings (SSSR count). The summed E-state index contributed by atoms with van der Waals surface area (Å²) in [4.78, 5) is 0. The highest BCUT2D eigenvalue weighted by Gasteiger charge is 2.10. The van der Waals surface area contributed by atoms with Crippen LogP contribution in [0.3, 0.4) is 0 Å². The summed E-state index contributed by atoms with van der Waals surface area (Å²) in [6.45, 7) is 2.02. The molecule has 0 heterocycles. The molecule has 0 aliphatic heterocycles. The van der Waals surface area contributed by atoms with Crippen LogP contribution in [0.4, 0.5) is 25.8 Å². The van der Waals surface area contributed by atoms with Crippen molar-refractivity contribution in [2.75, 3.05) is 11.1 Å². The molecule has 94 valence electrons. The normalized spacial score (nSPS) is 10.4. The van der Waals surface area contributed by atoms with Gasteiger partial charge in [-0.3, -0.25) is 0 Å². The van der Waals surface area contributed by atoms with Gasteiger partial charge in [-0.1, -0.05) is 19.1 Å². The van der Waals surface area contributed by atoms with E-state index < -0.39 is 11.6 Å².